The van der Waals surface area contributed by atoms with Crippen LogP contribution in [0.2, 0.25) is 0 Å². The molecule has 1 aliphatic carbocycles. The van der Waals surface area contributed by atoms with Crippen LogP contribution in [-0.2, 0) is 22.4 Å². The van der Waals surface area contributed by atoms with E-state index in [1.165, 1.54) is 16.7 Å². The number of esters is 1. The fourth-order valence-corrected chi connectivity index (χ4v) is 3.40. The molecule has 2 nitrogen and oxygen atoms in total. The van der Waals surface area contributed by atoms with Crippen LogP contribution in [0.3, 0.4) is 0 Å². The number of carbonyl (C=O) groups excluding carboxylic acids is 1. The minimum atomic E-state index is -0.131. The predicted octanol–water partition coefficient (Wildman–Crippen LogP) is 5.36. The van der Waals surface area contributed by atoms with Crippen molar-refractivity contribution >= 4 is 5.97 Å². The van der Waals surface area contributed by atoms with Gasteiger partial charge in [0.15, 0.2) is 0 Å². The maximum Gasteiger partial charge on any atom is 0.310 e. The van der Waals surface area contributed by atoms with Crippen LogP contribution in [0.1, 0.15) is 67.4 Å². The Morgan fingerprint density at radius 2 is 1.92 bits per heavy atom. The molecule has 2 unspecified atom stereocenters. The molecule has 1 aliphatic rings. The molecule has 0 saturated heterocycles. The van der Waals surface area contributed by atoms with Crippen LogP contribution in [0.4, 0.5) is 0 Å². The van der Waals surface area contributed by atoms with Gasteiger partial charge in [-0.05, 0) is 53.9 Å². The van der Waals surface area contributed by atoms with E-state index in [1.807, 2.05) is 6.07 Å². The lowest BCUT2D eigenvalue weighted by Crippen LogP contribution is -2.18. The Morgan fingerprint density at radius 1 is 1.17 bits per heavy atom. The fraction of sp³-hybridized carbons (Fsp3) is 0.409. The number of fused-ring (bicyclic) bond motifs is 1. The predicted molar refractivity (Wildman–Crippen MR) is 97.1 cm³/mol. The summed E-state index contributed by atoms with van der Waals surface area (Å²) in [6, 6.07) is 16.7. The molecular weight excluding hydrogens is 296 g/mol. The number of carbonyl (C=O) groups is 1. The van der Waals surface area contributed by atoms with E-state index in [0.29, 0.717) is 12.3 Å². The Hall–Kier alpha value is -2.09. The first kappa shape index (κ1) is 16.8. The normalized spacial score (nSPS) is 17.8. The van der Waals surface area contributed by atoms with Gasteiger partial charge in [0, 0.05) is 0 Å². The Morgan fingerprint density at radius 3 is 2.67 bits per heavy atom. The smallest absolute Gasteiger partial charge is 0.310 e. The second-order valence-electron chi connectivity index (χ2n) is 6.80. The van der Waals surface area contributed by atoms with E-state index >= 15 is 0 Å². The van der Waals surface area contributed by atoms with Gasteiger partial charge in [-0.3, -0.25) is 4.79 Å². The summed E-state index contributed by atoms with van der Waals surface area (Å²) in [6.45, 7) is 4.42. The Kier molecular flexibility index (Phi) is 5.34. The van der Waals surface area contributed by atoms with Crippen molar-refractivity contribution in [1.82, 2.24) is 0 Å². The third-order valence-electron chi connectivity index (χ3n) is 5.10. The monoisotopic (exact) mass is 322 g/mol. The van der Waals surface area contributed by atoms with Crippen LogP contribution in [0.5, 0.6) is 0 Å². The van der Waals surface area contributed by atoms with Crippen molar-refractivity contribution in [3.8, 4) is 0 Å². The number of rotatable bonds is 5. The molecule has 0 aliphatic heterocycles. The Labute approximate surface area is 144 Å². The summed E-state index contributed by atoms with van der Waals surface area (Å²) in [7, 11) is 0. The van der Waals surface area contributed by atoms with Crippen LogP contribution >= 0.6 is 0 Å². The molecule has 0 aromatic heterocycles. The summed E-state index contributed by atoms with van der Waals surface area (Å²) in [5.74, 6) is 0.428. The topological polar surface area (TPSA) is 26.3 Å². The van der Waals surface area contributed by atoms with E-state index in [-0.39, 0.29) is 12.1 Å². The van der Waals surface area contributed by atoms with Crippen molar-refractivity contribution in [3.05, 3.63) is 70.8 Å². The minimum absolute atomic E-state index is 0.0816. The maximum absolute atomic E-state index is 12.3. The number of hydrogen-bond acceptors (Lipinski definition) is 2. The lowest BCUT2D eigenvalue weighted by Gasteiger charge is -2.25. The van der Waals surface area contributed by atoms with E-state index < -0.39 is 0 Å². The first-order valence-corrected chi connectivity index (χ1v) is 9.03. The molecule has 2 atom stereocenters. The molecule has 0 amide bonds. The molecule has 24 heavy (non-hydrogen) atoms. The molecule has 0 fully saturated rings. The third-order valence-corrected chi connectivity index (χ3v) is 5.10. The van der Waals surface area contributed by atoms with Gasteiger partial charge in [-0.2, -0.15) is 0 Å². The van der Waals surface area contributed by atoms with Crippen LogP contribution in [0, 0.1) is 0 Å². The Bertz CT molecular complexity index is 687. The number of hydrogen-bond donors (Lipinski definition) is 0. The second-order valence-corrected chi connectivity index (χ2v) is 6.80. The van der Waals surface area contributed by atoms with Crippen LogP contribution < -0.4 is 0 Å². The molecule has 2 heteroatoms. The first-order valence-electron chi connectivity index (χ1n) is 9.03. The highest BCUT2D eigenvalue weighted by Crippen LogP contribution is 2.32. The van der Waals surface area contributed by atoms with Crippen LogP contribution in [0.15, 0.2) is 48.5 Å². The molecule has 0 saturated carbocycles. The van der Waals surface area contributed by atoms with E-state index in [9.17, 15) is 4.79 Å². The molecule has 0 N–H and O–H groups in total. The molecular formula is C22H26O2. The minimum Gasteiger partial charge on any atom is -0.457 e. The highest BCUT2D eigenvalue weighted by atomic mass is 16.5. The first-order chi connectivity index (χ1) is 11.7. The van der Waals surface area contributed by atoms with Gasteiger partial charge in [-0.25, -0.2) is 0 Å². The molecule has 0 bridgehead atoms. The summed E-state index contributed by atoms with van der Waals surface area (Å²) in [5.41, 5.74) is 4.86. The zero-order valence-electron chi connectivity index (χ0n) is 14.6. The van der Waals surface area contributed by atoms with Gasteiger partial charge in [0.05, 0.1) is 6.42 Å². The van der Waals surface area contributed by atoms with Gasteiger partial charge < -0.3 is 4.74 Å². The van der Waals surface area contributed by atoms with Crippen LogP contribution in [-0.4, -0.2) is 5.97 Å². The van der Waals surface area contributed by atoms with Crippen molar-refractivity contribution in [2.75, 3.05) is 0 Å². The van der Waals surface area contributed by atoms with Crippen molar-refractivity contribution in [2.24, 2.45) is 0 Å². The lowest BCUT2D eigenvalue weighted by atomic mass is 9.89. The van der Waals surface area contributed by atoms with Crippen molar-refractivity contribution in [2.45, 2.75) is 58.0 Å². The van der Waals surface area contributed by atoms with E-state index in [0.717, 1.165) is 31.2 Å². The summed E-state index contributed by atoms with van der Waals surface area (Å²) in [6.07, 6.45) is 4.49. The Balaban J connectivity index is 1.62. The van der Waals surface area contributed by atoms with Gasteiger partial charge in [0.2, 0.25) is 0 Å². The van der Waals surface area contributed by atoms with Crippen molar-refractivity contribution in [1.29, 1.82) is 0 Å². The molecule has 2 aromatic carbocycles. The summed E-state index contributed by atoms with van der Waals surface area (Å²) >= 11 is 0. The molecule has 0 heterocycles. The van der Waals surface area contributed by atoms with Crippen molar-refractivity contribution in [3.63, 3.8) is 0 Å². The average Bonchev–Trinajstić information content (AvgIpc) is 2.62. The van der Waals surface area contributed by atoms with Gasteiger partial charge in [0.25, 0.3) is 0 Å². The van der Waals surface area contributed by atoms with Gasteiger partial charge in [-0.1, -0.05) is 62.4 Å². The third kappa shape index (κ3) is 3.87. The molecule has 0 radical (unpaired) electrons. The zero-order chi connectivity index (χ0) is 16.9. The number of aryl methyl sites for hydroxylation is 1. The summed E-state index contributed by atoms with van der Waals surface area (Å²) in [4.78, 5) is 12.3. The van der Waals surface area contributed by atoms with Crippen LogP contribution in [0.25, 0.3) is 0 Å². The highest BCUT2D eigenvalue weighted by Gasteiger charge is 2.23. The standard InChI is InChI=1S/C22H26O2/c1-3-16(2)18-13-11-17(12-14-18)15-22(23)24-21-10-6-8-19-7-4-5-9-20(19)21/h4-5,7,9,11-14,16,21H,3,6,8,10,15H2,1-2H3. The average molecular weight is 322 g/mol. The molecule has 0 spiro atoms. The molecule has 3 rings (SSSR count). The van der Waals surface area contributed by atoms with Crippen molar-refractivity contribution < 1.29 is 9.53 Å². The second kappa shape index (κ2) is 7.65. The zero-order valence-corrected chi connectivity index (χ0v) is 14.6. The highest BCUT2D eigenvalue weighted by molar-refractivity contribution is 5.73. The summed E-state index contributed by atoms with van der Waals surface area (Å²) < 4.78 is 5.78. The molecule has 126 valence electrons. The van der Waals surface area contributed by atoms with Gasteiger partial charge in [0.1, 0.15) is 6.10 Å². The van der Waals surface area contributed by atoms with E-state index in [4.69, 9.17) is 4.74 Å². The lowest BCUT2D eigenvalue weighted by molar-refractivity contribution is -0.149. The largest absolute Gasteiger partial charge is 0.457 e. The van der Waals surface area contributed by atoms with Gasteiger partial charge in [-0.15, -0.1) is 0 Å². The quantitative estimate of drug-likeness (QED) is 0.692. The fourth-order valence-electron chi connectivity index (χ4n) is 3.40. The number of ether oxygens (including phenoxy) is 1. The maximum atomic E-state index is 12.3. The summed E-state index contributed by atoms with van der Waals surface area (Å²) in [5, 5.41) is 0. The number of benzene rings is 2. The van der Waals surface area contributed by atoms with Gasteiger partial charge >= 0.3 is 5.97 Å². The van der Waals surface area contributed by atoms with E-state index in [2.05, 4.69) is 56.3 Å². The molecule has 2 aromatic rings. The van der Waals surface area contributed by atoms with E-state index in [1.54, 1.807) is 0 Å². The SMILES string of the molecule is CCC(C)c1ccc(CC(=O)OC2CCCc3ccccc32)cc1.